The van der Waals surface area contributed by atoms with E-state index in [-0.39, 0.29) is 16.3 Å². The topological polar surface area (TPSA) is 75.3 Å². The lowest BCUT2D eigenvalue weighted by Crippen LogP contribution is -2.43. The average molecular weight is 399 g/mol. The number of hydrogen-bond donors (Lipinski definition) is 2. The Kier molecular flexibility index (Phi) is 6.01. The molecule has 2 aromatic rings. The number of aryl methyl sites for hydroxylation is 1. The Morgan fingerprint density at radius 2 is 1.75 bits per heavy atom. The molecular formula is C22H26N2O3S. The summed E-state index contributed by atoms with van der Waals surface area (Å²) in [6.07, 6.45) is 7.28. The number of sulfonamides is 1. The van der Waals surface area contributed by atoms with E-state index in [4.69, 9.17) is 0 Å². The van der Waals surface area contributed by atoms with Gasteiger partial charge in [0.2, 0.25) is 15.9 Å². The van der Waals surface area contributed by atoms with Gasteiger partial charge in [-0.15, -0.1) is 0 Å². The van der Waals surface area contributed by atoms with Crippen molar-refractivity contribution in [1.29, 1.82) is 0 Å². The molecule has 0 aliphatic heterocycles. The van der Waals surface area contributed by atoms with Gasteiger partial charge in [0.1, 0.15) is 0 Å². The van der Waals surface area contributed by atoms with E-state index in [1.807, 2.05) is 6.07 Å². The maximum absolute atomic E-state index is 12.6. The van der Waals surface area contributed by atoms with Crippen LogP contribution in [-0.2, 0) is 20.4 Å². The van der Waals surface area contributed by atoms with Gasteiger partial charge in [0, 0.05) is 6.08 Å². The second-order valence-corrected chi connectivity index (χ2v) is 9.14. The zero-order valence-electron chi connectivity index (χ0n) is 16.2. The molecule has 2 N–H and O–H groups in total. The third-order valence-corrected chi connectivity index (χ3v) is 6.71. The predicted octanol–water partition coefficient (Wildman–Crippen LogP) is 3.50. The number of hydrogen-bond acceptors (Lipinski definition) is 3. The number of carbonyl (C=O) groups excluding carboxylic acids is 1. The fourth-order valence-electron chi connectivity index (χ4n) is 3.73. The maximum Gasteiger partial charge on any atom is 0.244 e. The third-order valence-electron chi connectivity index (χ3n) is 5.28. The summed E-state index contributed by atoms with van der Waals surface area (Å²) in [6.45, 7) is 2.06. The Morgan fingerprint density at radius 3 is 2.36 bits per heavy atom. The third kappa shape index (κ3) is 4.51. The van der Waals surface area contributed by atoms with Gasteiger partial charge < -0.3 is 5.32 Å². The van der Waals surface area contributed by atoms with Crippen LogP contribution in [0.15, 0.2) is 59.5 Å². The lowest BCUT2D eigenvalue weighted by Gasteiger charge is -2.31. The lowest BCUT2D eigenvalue weighted by atomic mass is 9.87. The van der Waals surface area contributed by atoms with E-state index < -0.39 is 10.0 Å². The first kappa shape index (κ1) is 20.3. The van der Waals surface area contributed by atoms with Crippen LogP contribution in [0.25, 0.3) is 6.08 Å². The Morgan fingerprint density at radius 1 is 1.07 bits per heavy atom. The van der Waals surface area contributed by atoms with E-state index in [0.717, 1.165) is 36.8 Å². The first-order valence-corrected chi connectivity index (χ1v) is 10.9. The molecule has 5 nitrogen and oxygen atoms in total. The van der Waals surface area contributed by atoms with Gasteiger partial charge >= 0.3 is 0 Å². The van der Waals surface area contributed by atoms with Gasteiger partial charge in [-0.3, -0.25) is 4.79 Å². The standard InChI is InChI=1S/C22H26N2O3S/c1-17-6-5-7-19(16-17)22(14-3-4-15-22)24-21(25)13-10-18-8-11-20(12-9-18)28(26,27)23-2/h5-13,16,23H,3-4,14-15H2,1-2H3,(H,24,25)/b13-10+. The maximum atomic E-state index is 12.6. The van der Waals surface area contributed by atoms with E-state index in [0.29, 0.717) is 0 Å². The first-order chi connectivity index (χ1) is 13.3. The van der Waals surface area contributed by atoms with E-state index in [1.54, 1.807) is 18.2 Å². The van der Waals surface area contributed by atoms with Gasteiger partial charge in [-0.2, -0.15) is 0 Å². The summed E-state index contributed by atoms with van der Waals surface area (Å²) in [5, 5.41) is 3.22. The van der Waals surface area contributed by atoms with Crippen LogP contribution in [0.3, 0.4) is 0 Å². The van der Waals surface area contributed by atoms with Crippen molar-refractivity contribution in [3.63, 3.8) is 0 Å². The highest BCUT2D eigenvalue weighted by molar-refractivity contribution is 7.89. The van der Waals surface area contributed by atoms with E-state index >= 15 is 0 Å². The largest absolute Gasteiger partial charge is 0.343 e. The van der Waals surface area contributed by atoms with E-state index in [9.17, 15) is 13.2 Å². The molecule has 2 aromatic carbocycles. The normalized spacial score (nSPS) is 16.4. The summed E-state index contributed by atoms with van der Waals surface area (Å²) in [5.41, 5.74) is 2.80. The molecule has 0 heterocycles. The fraction of sp³-hybridized carbons (Fsp3) is 0.318. The molecule has 0 spiro atoms. The first-order valence-electron chi connectivity index (χ1n) is 9.46. The van der Waals surface area contributed by atoms with Gasteiger partial charge in [-0.25, -0.2) is 13.1 Å². The van der Waals surface area contributed by atoms with Gasteiger partial charge in [0.15, 0.2) is 0 Å². The molecule has 1 aliphatic carbocycles. The van der Waals surface area contributed by atoms with Crippen molar-refractivity contribution in [3.8, 4) is 0 Å². The predicted molar refractivity (Wildman–Crippen MR) is 111 cm³/mol. The van der Waals surface area contributed by atoms with Gasteiger partial charge in [-0.1, -0.05) is 54.8 Å². The number of nitrogens with one attached hydrogen (secondary N) is 2. The van der Waals surface area contributed by atoms with Crippen molar-refractivity contribution in [2.45, 2.75) is 43.0 Å². The van der Waals surface area contributed by atoms with Crippen molar-refractivity contribution in [2.24, 2.45) is 0 Å². The monoisotopic (exact) mass is 398 g/mol. The van der Waals surface area contributed by atoms with Crippen molar-refractivity contribution in [2.75, 3.05) is 7.05 Å². The zero-order valence-corrected chi connectivity index (χ0v) is 17.1. The summed E-state index contributed by atoms with van der Waals surface area (Å²) in [6, 6.07) is 14.7. The van der Waals surface area contributed by atoms with Crippen LogP contribution < -0.4 is 10.0 Å². The van der Waals surface area contributed by atoms with Crippen molar-refractivity contribution in [1.82, 2.24) is 10.0 Å². The number of rotatable bonds is 6. The Balaban J connectivity index is 1.73. The molecule has 1 saturated carbocycles. The summed E-state index contributed by atoms with van der Waals surface area (Å²) in [4.78, 5) is 12.8. The van der Waals surface area contributed by atoms with Gasteiger partial charge in [0.25, 0.3) is 0 Å². The van der Waals surface area contributed by atoms with E-state index in [1.165, 1.54) is 30.8 Å². The highest BCUT2D eigenvalue weighted by Crippen LogP contribution is 2.39. The SMILES string of the molecule is CNS(=O)(=O)c1ccc(/C=C/C(=O)NC2(c3cccc(C)c3)CCCC2)cc1. The van der Waals surface area contributed by atoms with Crippen LogP contribution in [0.2, 0.25) is 0 Å². The quantitative estimate of drug-likeness (QED) is 0.731. The molecule has 0 aromatic heterocycles. The second kappa shape index (κ2) is 8.29. The molecule has 148 valence electrons. The minimum absolute atomic E-state index is 0.143. The minimum Gasteiger partial charge on any atom is -0.343 e. The van der Waals surface area contributed by atoms with Crippen LogP contribution in [0, 0.1) is 6.92 Å². The summed E-state index contributed by atoms with van der Waals surface area (Å²) in [5.74, 6) is -0.143. The van der Waals surface area contributed by atoms with Crippen molar-refractivity contribution < 1.29 is 13.2 Å². The zero-order chi connectivity index (χ0) is 20.2. The number of amides is 1. The smallest absolute Gasteiger partial charge is 0.244 e. The molecule has 1 aliphatic rings. The highest BCUT2D eigenvalue weighted by Gasteiger charge is 2.36. The van der Waals surface area contributed by atoms with Crippen molar-refractivity contribution in [3.05, 3.63) is 71.3 Å². The number of carbonyl (C=O) groups is 1. The Labute approximate surface area is 166 Å². The molecule has 1 amide bonds. The van der Waals surface area contributed by atoms with Gasteiger partial charge in [0.05, 0.1) is 10.4 Å². The molecule has 0 radical (unpaired) electrons. The lowest BCUT2D eigenvalue weighted by molar-refractivity contribution is -0.118. The molecule has 28 heavy (non-hydrogen) atoms. The summed E-state index contributed by atoms with van der Waals surface area (Å²) in [7, 11) is -2.08. The Bertz CT molecular complexity index is 973. The molecule has 6 heteroatoms. The molecule has 0 unspecified atom stereocenters. The highest BCUT2D eigenvalue weighted by atomic mass is 32.2. The molecular weight excluding hydrogens is 372 g/mol. The summed E-state index contributed by atoms with van der Waals surface area (Å²) >= 11 is 0. The van der Waals surface area contributed by atoms with Crippen LogP contribution >= 0.6 is 0 Å². The van der Waals surface area contributed by atoms with Crippen LogP contribution in [0.4, 0.5) is 0 Å². The molecule has 0 bridgehead atoms. The number of benzene rings is 2. The average Bonchev–Trinajstić information content (AvgIpc) is 3.16. The summed E-state index contributed by atoms with van der Waals surface area (Å²) < 4.78 is 25.8. The van der Waals surface area contributed by atoms with Crippen LogP contribution in [0.1, 0.15) is 42.4 Å². The molecule has 3 rings (SSSR count). The molecule has 0 saturated heterocycles. The molecule has 0 atom stereocenters. The minimum atomic E-state index is -3.46. The van der Waals surface area contributed by atoms with Crippen molar-refractivity contribution >= 4 is 22.0 Å². The Hall–Kier alpha value is -2.44. The van der Waals surface area contributed by atoms with E-state index in [2.05, 4.69) is 35.2 Å². The van der Waals surface area contributed by atoms with Crippen LogP contribution in [-0.4, -0.2) is 21.4 Å². The van der Waals surface area contributed by atoms with Gasteiger partial charge in [-0.05, 0) is 56.1 Å². The second-order valence-electron chi connectivity index (χ2n) is 7.26. The fourth-order valence-corrected chi connectivity index (χ4v) is 4.46. The molecule has 1 fully saturated rings. The van der Waals surface area contributed by atoms with Crippen LogP contribution in [0.5, 0.6) is 0 Å².